The second-order valence-corrected chi connectivity index (χ2v) is 8.33. The molecule has 0 atom stereocenters. The molecule has 2 rings (SSSR count). The van der Waals surface area contributed by atoms with Crippen LogP contribution in [0, 0.1) is 17.0 Å². The second kappa shape index (κ2) is 5.46. The van der Waals surface area contributed by atoms with Crippen LogP contribution >= 0.6 is 23.1 Å². The van der Waals surface area contributed by atoms with Gasteiger partial charge in [0.25, 0.3) is 5.69 Å². The molecule has 0 aliphatic rings. The highest BCUT2D eigenvalue weighted by Crippen LogP contribution is 2.37. The normalized spacial score (nSPS) is 11.5. The van der Waals surface area contributed by atoms with Crippen LogP contribution in [0.15, 0.2) is 32.3 Å². The first kappa shape index (κ1) is 14.9. The summed E-state index contributed by atoms with van der Waals surface area (Å²) in [5, 5.41) is 19.5. The summed E-state index contributed by atoms with van der Waals surface area (Å²) >= 11 is 2.40. The molecule has 20 heavy (non-hydrogen) atoms. The molecule has 0 amide bonds. The van der Waals surface area contributed by atoms with Crippen LogP contribution in [-0.4, -0.2) is 29.8 Å². The van der Waals surface area contributed by atoms with E-state index in [2.05, 4.69) is 10.2 Å². The minimum Gasteiger partial charge on any atom is -0.258 e. The number of nitro benzene ring substituents is 1. The molecule has 0 spiro atoms. The molecule has 7 nitrogen and oxygen atoms in total. The van der Waals surface area contributed by atoms with Crippen molar-refractivity contribution >= 4 is 38.6 Å². The van der Waals surface area contributed by atoms with E-state index in [4.69, 9.17) is 0 Å². The van der Waals surface area contributed by atoms with E-state index in [1.165, 1.54) is 23.5 Å². The monoisotopic (exact) mass is 331 g/mol. The fraction of sp³-hybridized carbons (Fsp3) is 0.200. The molecule has 1 heterocycles. The van der Waals surface area contributed by atoms with E-state index >= 15 is 0 Å². The Morgan fingerprint density at radius 1 is 1.35 bits per heavy atom. The molecule has 0 bridgehead atoms. The summed E-state index contributed by atoms with van der Waals surface area (Å²) in [6, 6.07) is 3.82. The molecule has 0 aliphatic carbocycles. The predicted molar refractivity (Wildman–Crippen MR) is 75.0 cm³/mol. The molecule has 0 radical (unpaired) electrons. The molecule has 106 valence electrons. The Morgan fingerprint density at radius 3 is 2.55 bits per heavy atom. The minimum atomic E-state index is -3.48. The SMILES string of the molecule is Cc1nnc(Sc2ccc(S(C)(=O)=O)cc2[N+](=O)[O-])s1. The molecule has 0 saturated heterocycles. The van der Waals surface area contributed by atoms with Gasteiger partial charge in [0.1, 0.15) is 5.01 Å². The first-order chi connectivity index (χ1) is 9.27. The topological polar surface area (TPSA) is 103 Å². The summed E-state index contributed by atoms with van der Waals surface area (Å²) < 4.78 is 23.4. The number of benzene rings is 1. The van der Waals surface area contributed by atoms with Crippen LogP contribution in [0.2, 0.25) is 0 Å². The summed E-state index contributed by atoms with van der Waals surface area (Å²) in [6.45, 7) is 1.78. The van der Waals surface area contributed by atoms with E-state index in [1.54, 1.807) is 6.92 Å². The van der Waals surface area contributed by atoms with Crippen LogP contribution in [0.25, 0.3) is 0 Å². The third-order valence-electron chi connectivity index (χ3n) is 2.26. The van der Waals surface area contributed by atoms with Crippen molar-refractivity contribution in [3.8, 4) is 0 Å². The zero-order valence-corrected chi connectivity index (χ0v) is 12.9. The van der Waals surface area contributed by atoms with Crippen LogP contribution in [0.4, 0.5) is 5.69 Å². The highest BCUT2D eigenvalue weighted by molar-refractivity contribution is 8.01. The third-order valence-corrected chi connectivity index (χ3v) is 5.32. The first-order valence-electron chi connectivity index (χ1n) is 5.24. The summed E-state index contributed by atoms with van der Waals surface area (Å²) in [5.74, 6) is 0. The van der Waals surface area contributed by atoms with Gasteiger partial charge in [-0.2, -0.15) is 0 Å². The van der Waals surface area contributed by atoms with E-state index < -0.39 is 14.8 Å². The molecule has 2 aromatic rings. The maximum absolute atomic E-state index is 11.4. The lowest BCUT2D eigenvalue weighted by Gasteiger charge is -2.02. The van der Waals surface area contributed by atoms with Crippen molar-refractivity contribution in [1.82, 2.24) is 10.2 Å². The smallest absolute Gasteiger partial charge is 0.258 e. The highest BCUT2D eigenvalue weighted by atomic mass is 32.2. The van der Waals surface area contributed by atoms with E-state index in [0.717, 1.165) is 29.1 Å². The maximum atomic E-state index is 11.4. The molecular formula is C10H9N3O4S3. The van der Waals surface area contributed by atoms with Gasteiger partial charge in [-0.3, -0.25) is 10.1 Å². The zero-order valence-electron chi connectivity index (χ0n) is 10.4. The summed E-state index contributed by atoms with van der Waals surface area (Å²) in [4.78, 5) is 10.7. The Morgan fingerprint density at radius 2 is 2.05 bits per heavy atom. The lowest BCUT2D eigenvalue weighted by Crippen LogP contribution is -1.99. The van der Waals surface area contributed by atoms with Crippen molar-refractivity contribution in [2.24, 2.45) is 0 Å². The number of nitro groups is 1. The fourth-order valence-electron chi connectivity index (χ4n) is 1.37. The lowest BCUT2D eigenvalue weighted by molar-refractivity contribution is -0.388. The van der Waals surface area contributed by atoms with Crippen LogP contribution in [0.5, 0.6) is 0 Å². The lowest BCUT2D eigenvalue weighted by atomic mass is 10.3. The first-order valence-corrected chi connectivity index (χ1v) is 8.76. The zero-order chi connectivity index (χ0) is 14.9. The average molecular weight is 331 g/mol. The molecule has 0 unspecified atom stereocenters. The Hall–Kier alpha value is -1.52. The van der Waals surface area contributed by atoms with Gasteiger partial charge in [-0.05, 0) is 19.1 Å². The molecule has 0 aliphatic heterocycles. The van der Waals surface area contributed by atoms with Crippen molar-refractivity contribution in [2.75, 3.05) is 6.26 Å². The van der Waals surface area contributed by atoms with Crippen LogP contribution < -0.4 is 0 Å². The van der Waals surface area contributed by atoms with Gasteiger partial charge in [0.15, 0.2) is 14.2 Å². The maximum Gasteiger partial charge on any atom is 0.284 e. The number of hydrogen-bond acceptors (Lipinski definition) is 8. The summed E-state index contributed by atoms with van der Waals surface area (Å²) in [5.41, 5.74) is -0.259. The van der Waals surface area contributed by atoms with Crippen molar-refractivity contribution in [3.63, 3.8) is 0 Å². The van der Waals surface area contributed by atoms with Crippen molar-refractivity contribution in [3.05, 3.63) is 33.3 Å². The summed E-state index contributed by atoms with van der Waals surface area (Å²) in [7, 11) is -3.48. The van der Waals surface area contributed by atoms with Gasteiger partial charge in [-0.15, -0.1) is 10.2 Å². The minimum absolute atomic E-state index is 0.0815. The molecule has 1 aromatic carbocycles. The molecular weight excluding hydrogens is 322 g/mol. The van der Waals surface area contributed by atoms with Gasteiger partial charge >= 0.3 is 0 Å². The van der Waals surface area contributed by atoms with Gasteiger partial charge in [-0.1, -0.05) is 23.1 Å². The van der Waals surface area contributed by atoms with E-state index in [-0.39, 0.29) is 10.6 Å². The molecule has 10 heteroatoms. The van der Waals surface area contributed by atoms with Crippen LogP contribution in [0.1, 0.15) is 5.01 Å². The molecule has 0 fully saturated rings. The van der Waals surface area contributed by atoms with Gasteiger partial charge in [-0.25, -0.2) is 8.42 Å². The van der Waals surface area contributed by atoms with Gasteiger partial charge < -0.3 is 0 Å². The van der Waals surface area contributed by atoms with Crippen molar-refractivity contribution in [1.29, 1.82) is 0 Å². The molecule has 0 saturated carbocycles. The predicted octanol–water partition coefficient (Wildman–Crippen LogP) is 2.31. The van der Waals surface area contributed by atoms with E-state index in [1.807, 2.05) is 0 Å². The number of aryl methyl sites for hydroxylation is 1. The standard InChI is InChI=1S/C10H9N3O4S3/c1-6-11-12-10(18-6)19-9-4-3-7(20(2,16)17)5-8(9)13(14)15/h3-5H,1-2H3. The number of rotatable bonds is 4. The van der Waals surface area contributed by atoms with Crippen molar-refractivity contribution < 1.29 is 13.3 Å². The Kier molecular flexibility index (Phi) is 4.06. The number of aromatic nitrogens is 2. The Labute approximate surface area is 123 Å². The summed E-state index contributed by atoms with van der Waals surface area (Å²) in [6.07, 6.45) is 1.01. The van der Waals surface area contributed by atoms with E-state index in [0.29, 0.717) is 9.24 Å². The van der Waals surface area contributed by atoms with Gasteiger partial charge in [0, 0.05) is 12.3 Å². The Bertz CT molecular complexity index is 770. The Balaban J connectivity index is 2.45. The average Bonchev–Trinajstić information content (AvgIpc) is 2.73. The second-order valence-electron chi connectivity index (χ2n) is 3.85. The third kappa shape index (κ3) is 3.32. The van der Waals surface area contributed by atoms with Gasteiger partial charge in [0.05, 0.1) is 14.7 Å². The number of hydrogen-bond donors (Lipinski definition) is 0. The van der Waals surface area contributed by atoms with Crippen LogP contribution in [-0.2, 0) is 9.84 Å². The largest absolute Gasteiger partial charge is 0.284 e. The van der Waals surface area contributed by atoms with E-state index in [9.17, 15) is 18.5 Å². The van der Waals surface area contributed by atoms with Gasteiger partial charge in [0.2, 0.25) is 0 Å². The quantitative estimate of drug-likeness (QED) is 0.625. The molecule has 1 aromatic heterocycles. The fourth-order valence-corrected chi connectivity index (χ4v) is 3.87. The van der Waals surface area contributed by atoms with Crippen LogP contribution in [0.3, 0.4) is 0 Å². The number of sulfone groups is 1. The molecule has 0 N–H and O–H groups in total. The number of nitrogens with zero attached hydrogens (tertiary/aromatic N) is 3. The van der Waals surface area contributed by atoms with Crippen molar-refractivity contribution in [2.45, 2.75) is 21.1 Å². The highest BCUT2D eigenvalue weighted by Gasteiger charge is 2.20.